The fraction of sp³-hybridized carbons (Fsp3) is 0.278. The van der Waals surface area contributed by atoms with E-state index in [1.165, 1.54) is 0 Å². The lowest BCUT2D eigenvalue weighted by Crippen LogP contribution is -2.36. The summed E-state index contributed by atoms with van der Waals surface area (Å²) in [5.41, 5.74) is 9.93. The summed E-state index contributed by atoms with van der Waals surface area (Å²) in [5, 5.41) is 2.99. The smallest absolute Gasteiger partial charge is 0.255 e. The summed E-state index contributed by atoms with van der Waals surface area (Å²) in [6, 6.07) is 13.1. The van der Waals surface area contributed by atoms with Gasteiger partial charge in [0, 0.05) is 24.3 Å². The predicted molar refractivity (Wildman–Crippen MR) is 93.0 cm³/mol. The van der Waals surface area contributed by atoms with Crippen molar-refractivity contribution in [3.8, 4) is 0 Å². The largest absolute Gasteiger partial charge is 0.399 e. The summed E-state index contributed by atoms with van der Waals surface area (Å²) >= 11 is 0. The third-order valence-corrected chi connectivity index (χ3v) is 3.90. The number of benzene rings is 2. The Morgan fingerprint density at radius 2 is 1.96 bits per heavy atom. The van der Waals surface area contributed by atoms with E-state index in [9.17, 15) is 4.79 Å². The number of nitrogens with two attached hydrogens (primary N) is 1. The van der Waals surface area contributed by atoms with Gasteiger partial charge in [0.2, 0.25) is 0 Å². The molecule has 0 radical (unpaired) electrons. The molecule has 1 aliphatic heterocycles. The monoisotopic (exact) mass is 311 g/mol. The zero-order valence-electron chi connectivity index (χ0n) is 13.2. The van der Waals surface area contributed by atoms with Crippen molar-refractivity contribution in [3.63, 3.8) is 0 Å². The molecule has 3 rings (SSSR count). The Hall–Kier alpha value is -2.53. The van der Waals surface area contributed by atoms with Crippen molar-refractivity contribution in [2.24, 2.45) is 0 Å². The minimum absolute atomic E-state index is 0.131. The minimum atomic E-state index is -0.131. The van der Waals surface area contributed by atoms with Gasteiger partial charge in [0.25, 0.3) is 5.91 Å². The number of nitrogens with one attached hydrogen (secondary N) is 1. The van der Waals surface area contributed by atoms with E-state index in [-0.39, 0.29) is 5.91 Å². The van der Waals surface area contributed by atoms with Crippen LogP contribution in [0, 0.1) is 6.92 Å². The first-order valence-corrected chi connectivity index (χ1v) is 7.74. The van der Waals surface area contributed by atoms with Gasteiger partial charge in [0.15, 0.2) is 0 Å². The number of rotatable bonds is 3. The van der Waals surface area contributed by atoms with Crippen LogP contribution in [0.5, 0.6) is 0 Å². The third kappa shape index (κ3) is 3.63. The maximum absolute atomic E-state index is 12.5. The van der Waals surface area contributed by atoms with Crippen molar-refractivity contribution >= 4 is 23.0 Å². The average molecular weight is 311 g/mol. The van der Waals surface area contributed by atoms with E-state index in [1.54, 1.807) is 6.07 Å². The highest BCUT2D eigenvalue weighted by Gasteiger charge is 2.17. The first-order chi connectivity index (χ1) is 11.1. The number of hydrogen-bond donors (Lipinski definition) is 2. The molecule has 0 unspecified atom stereocenters. The topological polar surface area (TPSA) is 67.6 Å². The summed E-state index contributed by atoms with van der Waals surface area (Å²) in [5.74, 6) is -0.131. The standard InChI is InChI=1S/C18H21N3O2/c1-13-3-2-4-14(11-13)18(22)20-16-12-15(19)5-6-17(16)21-7-9-23-10-8-21/h2-6,11-12H,7-10,19H2,1H3,(H,20,22). The van der Waals surface area contributed by atoms with Crippen LogP contribution in [0.1, 0.15) is 15.9 Å². The quantitative estimate of drug-likeness (QED) is 0.855. The van der Waals surface area contributed by atoms with Crippen molar-refractivity contribution < 1.29 is 9.53 Å². The fourth-order valence-electron chi connectivity index (χ4n) is 2.71. The normalized spacial score (nSPS) is 14.6. The number of anilines is 3. The summed E-state index contributed by atoms with van der Waals surface area (Å²) in [6.07, 6.45) is 0. The molecule has 0 aromatic heterocycles. The molecule has 0 atom stereocenters. The van der Waals surface area contributed by atoms with Crippen LogP contribution < -0.4 is 16.0 Å². The maximum Gasteiger partial charge on any atom is 0.255 e. The van der Waals surface area contributed by atoms with E-state index in [1.807, 2.05) is 43.3 Å². The predicted octanol–water partition coefficient (Wildman–Crippen LogP) is 2.67. The van der Waals surface area contributed by atoms with Gasteiger partial charge in [-0.3, -0.25) is 4.79 Å². The summed E-state index contributed by atoms with van der Waals surface area (Å²) in [4.78, 5) is 14.7. The third-order valence-electron chi connectivity index (χ3n) is 3.90. The molecule has 5 heteroatoms. The molecule has 2 aromatic rings. The van der Waals surface area contributed by atoms with E-state index in [0.717, 1.165) is 30.0 Å². The van der Waals surface area contributed by atoms with Gasteiger partial charge in [0.1, 0.15) is 0 Å². The van der Waals surface area contributed by atoms with Gasteiger partial charge < -0.3 is 20.7 Å². The molecule has 1 aliphatic rings. The second-order valence-corrected chi connectivity index (χ2v) is 5.70. The van der Waals surface area contributed by atoms with Crippen molar-refractivity contribution in [2.45, 2.75) is 6.92 Å². The summed E-state index contributed by atoms with van der Waals surface area (Å²) in [6.45, 7) is 4.95. The first kappa shape index (κ1) is 15.4. The zero-order chi connectivity index (χ0) is 16.2. The highest BCUT2D eigenvalue weighted by Crippen LogP contribution is 2.29. The number of aryl methyl sites for hydroxylation is 1. The Balaban J connectivity index is 1.86. The van der Waals surface area contributed by atoms with E-state index in [4.69, 9.17) is 10.5 Å². The molecular formula is C18H21N3O2. The molecule has 120 valence electrons. The Morgan fingerprint density at radius 3 is 2.70 bits per heavy atom. The number of nitrogen functional groups attached to an aromatic ring is 1. The summed E-state index contributed by atoms with van der Waals surface area (Å²) in [7, 11) is 0. The number of hydrogen-bond acceptors (Lipinski definition) is 4. The molecule has 5 nitrogen and oxygen atoms in total. The molecular weight excluding hydrogens is 290 g/mol. The van der Waals surface area contributed by atoms with Gasteiger partial charge in [0.05, 0.1) is 24.6 Å². The number of amides is 1. The fourth-order valence-corrected chi connectivity index (χ4v) is 2.71. The molecule has 1 amide bonds. The number of morpholine rings is 1. The van der Waals surface area contributed by atoms with Crippen LogP contribution in [0.25, 0.3) is 0 Å². The van der Waals surface area contributed by atoms with E-state index in [0.29, 0.717) is 24.5 Å². The molecule has 1 saturated heterocycles. The van der Waals surface area contributed by atoms with Gasteiger partial charge >= 0.3 is 0 Å². The molecule has 1 fully saturated rings. The second kappa shape index (κ2) is 6.71. The molecule has 3 N–H and O–H groups in total. The van der Waals surface area contributed by atoms with Crippen LogP contribution in [-0.4, -0.2) is 32.2 Å². The molecule has 0 spiro atoms. The van der Waals surface area contributed by atoms with E-state index < -0.39 is 0 Å². The van der Waals surface area contributed by atoms with Crippen LogP contribution in [-0.2, 0) is 4.74 Å². The number of nitrogens with zero attached hydrogens (tertiary/aromatic N) is 1. The molecule has 2 aromatic carbocycles. The minimum Gasteiger partial charge on any atom is -0.399 e. The lowest BCUT2D eigenvalue weighted by atomic mass is 10.1. The molecule has 0 bridgehead atoms. The van der Waals surface area contributed by atoms with Crippen LogP contribution in [0.2, 0.25) is 0 Å². The van der Waals surface area contributed by atoms with Crippen LogP contribution in [0.4, 0.5) is 17.1 Å². The zero-order valence-corrected chi connectivity index (χ0v) is 13.2. The molecule has 23 heavy (non-hydrogen) atoms. The first-order valence-electron chi connectivity index (χ1n) is 7.74. The van der Waals surface area contributed by atoms with Crippen molar-refractivity contribution in [1.82, 2.24) is 0 Å². The Labute approximate surface area is 136 Å². The number of carbonyl (C=O) groups excluding carboxylic acids is 1. The SMILES string of the molecule is Cc1cccc(C(=O)Nc2cc(N)ccc2N2CCOCC2)c1. The van der Waals surface area contributed by atoms with Gasteiger partial charge in [-0.2, -0.15) is 0 Å². The van der Waals surface area contributed by atoms with Gasteiger partial charge in [-0.05, 0) is 37.3 Å². The number of ether oxygens (including phenoxy) is 1. The lowest BCUT2D eigenvalue weighted by Gasteiger charge is -2.30. The molecule has 1 heterocycles. The van der Waals surface area contributed by atoms with Crippen LogP contribution in [0.3, 0.4) is 0 Å². The van der Waals surface area contributed by atoms with Crippen molar-refractivity contribution in [2.75, 3.05) is 42.3 Å². The van der Waals surface area contributed by atoms with Crippen LogP contribution in [0.15, 0.2) is 42.5 Å². The van der Waals surface area contributed by atoms with Crippen molar-refractivity contribution in [1.29, 1.82) is 0 Å². The Morgan fingerprint density at radius 1 is 1.17 bits per heavy atom. The highest BCUT2D eigenvalue weighted by atomic mass is 16.5. The van der Waals surface area contributed by atoms with Gasteiger partial charge in [-0.1, -0.05) is 17.7 Å². The van der Waals surface area contributed by atoms with Crippen LogP contribution >= 0.6 is 0 Å². The second-order valence-electron chi connectivity index (χ2n) is 5.70. The number of carbonyl (C=O) groups is 1. The lowest BCUT2D eigenvalue weighted by molar-refractivity contribution is 0.102. The Bertz CT molecular complexity index is 709. The highest BCUT2D eigenvalue weighted by molar-refractivity contribution is 6.06. The molecule has 0 aliphatic carbocycles. The maximum atomic E-state index is 12.5. The Kier molecular flexibility index (Phi) is 4.48. The summed E-state index contributed by atoms with van der Waals surface area (Å²) < 4.78 is 5.39. The van der Waals surface area contributed by atoms with Crippen molar-refractivity contribution in [3.05, 3.63) is 53.6 Å². The average Bonchev–Trinajstić information content (AvgIpc) is 2.56. The molecule has 0 saturated carbocycles. The van der Waals surface area contributed by atoms with Gasteiger partial charge in [-0.25, -0.2) is 0 Å². The van der Waals surface area contributed by atoms with E-state index in [2.05, 4.69) is 10.2 Å². The van der Waals surface area contributed by atoms with Gasteiger partial charge in [-0.15, -0.1) is 0 Å². The van der Waals surface area contributed by atoms with E-state index >= 15 is 0 Å².